The van der Waals surface area contributed by atoms with Gasteiger partial charge in [-0.15, -0.1) is 0 Å². The number of carbonyl (C=O) groups is 1. The normalized spacial score (nSPS) is 8.82. The largest absolute Gasteiger partial charge is 0.303 e. The van der Waals surface area contributed by atoms with Crippen LogP contribution in [0.25, 0.3) is 0 Å². The molecule has 0 radical (unpaired) electrons. The molecule has 0 spiro atoms. The first-order chi connectivity index (χ1) is 7.81. The van der Waals surface area contributed by atoms with Crippen molar-refractivity contribution in [3.05, 3.63) is 11.6 Å². The van der Waals surface area contributed by atoms with Gasteiger partial charge in [-0.25, -0.2) is 0 Å². The van der Waals surface area contributed by atoms with Gasteiger partial charge in [0.25, 0.3) is 0 Å². The lowest BCUT2D eigenvalue weighted by atomic mass is 10.1. The topological polar surface area (TPSA) is 17.1 Å². The lowest BCUT2D eigenvalue weighted by Gasteiger charge is -1.96. The van der Waals surface area contributed by atoms with Crippen LogP contribution in [0.2, 0.25) is 0 Å². The summed E-state index contributed by atoms with van der Waals surface area (Å²) in [4.78, 5) is 9.62. The Hall–Kier alpha value is -0.590. The number of aldehydes is 1. The van der Waals surface area contributed by atoms with E-state index in [2.05, 4.69) is 47.6 Å². The van der Waals surface area contributed by atoms with Crippen LogP contribution in [0.1, 0.15) is 74.7 Å². The van der Waals surface area contributed by atoms with Crippen molar-refractivity contribution in [2.24, 2.45) is 11.8 Å². The summed E-state index contributed by atoms with van der Waals surface area (Å²) in [6.07, 6.45) is 6.40. The number of hydrogen-bond acceptors (Lipinski definition) is 1. The number of hydrogen-bond donors (Lipinski definition) is 0. The Labute approximate surface area is 110 Å². The number of rotatable bonds is 4. The Morgan fingerprint density at radius 2 is 1.29 bits per heavy atom. The van der Waals surface area contributed by atoms with Crippen molar-refractivity contribution < 1.29 is 4.79 Å². The molecule has 0 aliphatic rings. The van der Waals surface area contributed by atoms with Gasteiger partial charge >= 0.3 is 0 Å². The molecule has 0 aromatic rings. The fourth-order valence-corrected chi connectivity index (χ4v) is 0.664. The van der Waals surface area contributed by atoms with Gasteiger partial charge in [-0.3, -0.25) is 0 Å². The summed E-state index contributed by atoms with van der Waals surface area (Å²) >= 11 is 0. The Bertz CT molecular complexity index is 162. The number of carbonyl (C=O) groups excluding carboxylic acids is 1. The van der Waals surface area contributed by atoms with E-state index in [0.29, 0.717) is 12.3 Å². The fraction of sp³-hybridized carbons (Fsp3) is 0.812. The van der Waals surface area contributed by atoms with Crippen molar-refractivity contribution in [3.63, 3.8) is 0 Å². The summed E-state index contributed by atoms with van der Waals surface area (Å²) < 4.78 is 0. The first-order valence-electron chi connectivity index (χ1n) is 6.88. The highest BCUT2D eigenvalue weighted by atomic mass is 16.1. The van der Waals surface area contributed by atoms with Gasteiger partial charge < -0.3 is 4.79 Å². The summed E-state index contributed by atoms with van der Waals surface area (Å²) in [5, 5.41) is 0. The quantitative estimate of drug-likeness (QED) is 0.460. The van der Waals surface area contributed by atoms with Gasteiger partial charge in [0.1, 0.15) is 6.29 Å². The van der Waals surface area contributed by atoms with Crippen LogP contribution in [0.5, 0.6) is 0 Å². The third kappa shape index (κ3) is 50.5. The fourth-order valence-electron chi connectivity index (χ4n) is 0.664. The van der Waals surface area contributed by atoms with E-state index in [4.69, 9.17) is 0 Å². The maximum atomic E-state index is 9.62. The predicted molar refractivity (Wildman–Crippen MR) is 80.4 cm³/mol. The molecule has 0 aromatic heterocycles. The van der Waals surface area contributed by atoms with E-state index in [1.54, 1.807) is 0 Å². The molecule has 104 valence electrons. The molecule has 0 aliphatic heterocycles. The SMILES string of the molecule is CC(C)=CCC(C)C.CC(C)CC=O.CCC. The van der Waals surface area contributed by atoms with Crippen LogP contribution >= 0.6 is 0 Å². The van der Waals surface area contributed by atoms with E-state index in [1.165, 1.54) is 18.4 Å². The van der Waals surface area contributed by atoms with E-state index >= 15 is 0 Å². The lowest BCUT2D eigenvalue weighted by molar-refractivity contribution is -0.108. The molecule has 0 heterocycles. The highest BCUT2D eigenvalue weighted by molar-refractivity contribution is 5.49. The first-order valence-corrected chi connectivity index (χ1v) is 6.88. The van der Waals surface area contributed by atoms with Crippen LogP contribution in [0, 0.1) is 11.8 Å². The molecule has 0 aromatic carbocycles. The Kier molecular flexibility index (Phi) is 22.7. The van der Waals surface area contributed by atoms with E-state index < -0.39 is 0 Å². The van der Waals surface area contributed by atoms with Crippen molar-refractivity contribution >= 4 is 6.29 Å². The van der Waals surface area contributed by atoms with Crippen LogP contribution in [0.3, 0.4) is 0 Å². The highest BCUT2D eigenvalue weighted by Gasteiger charge is 1.86. The molecular weight excluding hydrogens is 208 g/mol. The van der Waals surface area contributed by atoms with Gasteiger partial charge in [0.05, 0.1) is 0 Å². The van der Waals surface area contributed by atoms with Crippen LogP contribution < -0.4 is 0 Å². The third-order valence-electron chi connectivity index (χ3n) is 1.57. The van der Waals surface area contributed by atoms with Crippen molar-refractivity contribution in [2.75, 3.05) is 0 Å². The molecule has 0 atom stereocenters. The monoisotopic (exact) mass is 242 g/mol. The van der Waals surface area contributed by atoms with Crippen LogP contribution in [-0.2, 0) is 4.79 Å². The molecule has 1 nitrogen and oxygen atoms in total. The zero-order valence-electron chi connectivity index (χ0n) is 13.3. The van der Waals surface area contributed by atoms with Crippen LogP contribution in [0.4, 0.5) is 0 Å². The molecule has 0 unspecified atom stereocenters. The highest BCUT2D eigenvalue weighted by Crippen LogP contribution is 2.02. The maximum Gasteiger partial charge on any atom is 0.120 e. The van der Waals surface area contributed by atoms with Gasteiger partial charge in [0.15, 0.2) is 0 Å². The smallest absolute Gasteiger partial charge is 0.120 e. The van der Waals surface area contributed by atoms with E-state index in [9.17, 15) is 4.79 Å². The minimum absolute atomic E-state index is 0.530. The molecule has 0 N–H and O–H groups in total. The van der Waals surface area contributed by atoms with Gasteiger partial charge in [-0.2, -0.15) is 0 Å². The average molecular weight is 242 g/mol. The van der Waals surface area contributed by atoms with Gasteiger partial charge in [-0.1, -0.05) is 59.6 Å². The molecule has 0 rings (SSSR count). The molecule has 0 saturated carbocycles. The molecule has 17 heavy (non-hydrogen) atoms. The zero-order valence-corrected chi connectivity index (χ0v) is 13.3. The van der Waals surface area contributed by atoms with Gasteiger partial charge in [-0.05, 0) is 32.1 Å². The molecule has 1 heteroatoms. The summed E-state index contributed by atoms with van der Waals surface area (Å²) in [5.41, 5.74) is 1.43. The second-order valence-electron chi connectivity index (χ2n) is 5.41. The van der Waals surface area contributed by atoms with E-state index in [0.717, 1.165) is 12.2 Å². The van der Waals surface area contributed by atoms with Gasteiger partial charge in [0, 0.05) is 6.42 Å². The molecule has 0 bridgehead atoms. The predicted octanol–water partition coefficient (Wildman–Crippen LogP) is 5.65. The summed E-state index contributed by atoms with van der Waals surface area (Å²) in [5.74, 6) is 1.34. The van der Waals surface area contributed by atoms with Crippen LogP contribution in [-0.4, -0.2) is 6.29 Å². The first kappa shape index (κ1) is 21.7. The molecule has 0 aliphatic carbocycles. The summed E-state index contributed by atoms with van der Waals surface area (Å²) in [7, 11) is 0. The minimum atomic E-state index is 0.530. The molecule has 0 fully saturated rings. The third-order valence-corrected chi connectivity index (χ3v) is 1.57. The molecule has 0 amide bonds. The second-order valence-corrected chi connectivity index (χ2v) is 5.41. The van der Waals surface area contributed by atoms with Crippen molar-refractivity contribution in [3.8, 4) is 0 Å². The van der Waals surface area contributed by atoms with Crippen molar-refractivity contribution in [2.45, 2.75) is 74.7 Å². The Morgan fingerprint density at radius 1 is 0.941 bits per heavy atom. The lowest BCUT2D eigenvalue weighted by Crippen LogP contribution is -1.84. The van der Waals surface area contributed by atoms with E-state index in [1.807, 2.05) is 13.8 Å². The second kappa shape index (κ2) is 17.8. The number of allylic oxidation sites excluding steroid dienone is 2. The molecular formula is C16H34O. The summed E-state index contributed by atoms with van der Waals surface area (Å²) in [6.45, 7) is 17.0. The average Bonchev–Trinajstić information content (AvgIpc) is 2.16. The Balaban J connectivity index is -0.000000193. The molecule has 0 saturated heterocycles. The zero-order chi connectivity index (χ0) is 14.3. The van der Waals surface area contributed by atoms with Crippen molar-refractivity contribution in [1.82, 2.24) is 0 Å². The van der Waals surface area contributed by atoms with Crippen molar-refractivity contribution in [1.29, 1.82) is 0 Å². The maximum absolute atomic E-state index is 9.62. The van der Waals surface area contributed by atoms with Gasteiger partial charge in [0.2, 0.25) is 0 Å². The minimum Gasteiger partial charge on any atom is -0.303 e. The van der Waals surface area contributed by atoms with E-state index in [-0.39, 0.29) is 0 Å². The van der Waals surface area contributed by atoms with Crippen LogP contribution in [0.15, 0.2) is 11.6 Å². The Morgan fingerprint density at radius 3 is 1.35 bits per heavy atom. The summed E-state index contributed by atoms with van der Waals surface area (Å²) in [6, 6.07) is 0. The standard InChI is InChI=1S/C8H16.C5H10O.C3H8/c1-7(2)5-6-8(3)4;1-5(2)3-4-6;1-3-2/h5,8H,6H2,1-4H3;4-5H,3H2,1-2H3;3H2,1-2H3.